The van der Waals surface area contributed by atoms with Gasteiger partial charge in [-0.25, -0.2) is 0 Å². The van der Waals surface area contributed by atoms with Crippen LogP contribution >= 0.6 is 0 Å². The standard InChI is InChI=1S/C10H15NO4/c1-14-8-3-6(13)4-9(15-2)10(8)7(11)5-12/h3-4,7,12-13H,5,11H2,1-2H3/t7-/m0/s1. The first kappa shape index (κ1) is 11.6. The number of aromatic hydroxyl groups is 1. The fourth-order valence-corrected chi connectivity index (χ4v) is 1.38. The largest absolute Gasteiger partial charge is 0.508 e. The number of phenolic OH excluding ortho intramolecular Hbond substituents is 1. The number of hydrogen-bond donors (Lipinski definition) is 3. The van der Waals surface area contributed by atoms with E-state index in [9.17, 15) is 5.11 Å². The molecule has 5 nitrogen and oxygen atoms in total. The Kier molecular flexibility index (Phi) is 3.76. The van der Waals surface area contributed by atoms with Gasteiger partial charge in [-0.15, -0.1) is 0 Å². The molecule has 5 heteroatoms. The zero-order valence-electron chi connectivity index (χ0n) is 8.73. The van der Waals surface area contributed by atoms with Crippen molar-refractivity contribution in [1.82, 2.24) is 0 Å². The van der Waals surface area contributed by atoms with E-state index < -0.39 is 6.04 Å². The molecule has 0 aliphatic carbocycles. The van der Waals surface area contributed by atoms with Crippen LogP contribution in [0.1, 0.15) is 11.6 Å². The van der Waals surface area contributed by atoms with Crippen LogP contribution in [0.15, 0.2) is 12.1 Å². The van der Waals surface area contributed by atoms with Crippen molar-refractivity contribution in [2.45, 2.75) is 6.04 Å². The van der Waals surface area contributed by atoms with Crippen LogP contribution in [0.3, 0.4) is 0 Å². The number of phenols is 1. The van der Waals surface area contributed by atoms with Gasteiger partial charge in [0, 0.05) is 12.1 Å². The normalized spacial score (nSPS) is 12.3. The van der Waals surface area contributed by atoms with Gasteiger partial charge in [-0.3, -0.25) is 0 Å². The van der Waals surface area contributed by atoms with Crippen LogP contribution in [0.2, 0.25) is 0 Å². The molecular weight excluding hydrogens is 198 g/mol. The number of aliphatic hydroxyl groups is 1. The van der Waals surface area contributed by atoms with Gasteiger partial charge in [0.2, 0.25) is 0 Å². The Bertz CT molecular complexity index is 315. The van der Waals surface area contributed by atoms with Gasteiger partial charge >= 0.3 is 0 Å². The molecule has 0 radical (unpaired) electrons. The van der Waals surface area contributed by atoms with Crippen molar-refractivity contribution in [3.05, 3.63) is 17.7 Å². The predicted octanol–water partition coefficient (Wildman–Crippen LogP) is 0.401. The van der Waals surface area contributed by atoms with Crippen LogP contribution in [0.5, 0.6) is 17.2 Å². The molecule has 0 bridgehead atoms. The van der Waals surface area contributed by atoms with Gasteiger partial charge in [0.1, 0.15) is 17.2 Å². The molecule has 0 aliphatic heterocycles. The molecule has 84 valence electrons. The van der Waals surface area contributed by atoms with Gasteiger partial charge in [0.25, 0.3) is 0 Å². The molecule has 0 saturated heterocycles. The topological polar surface area (TPSA) is 84.9 Å². The minimum absolute atomic E-state index is 0.0255. The Balaban J connectivity index is 3.30. The average molecular weight is 213 g/mol. The highest BCUT2D eigenvalue weighted by atomic mass is 16.5. The van der Waals surface area contributed by atoms with Crippen molar-refractivity contribution in [1.29, 1.82) is 0 Å². The number of ether oxygens (including phenoxy) is 2. The van der Waals surface area contributed by atoms with Crippen LogP contribution in [-0.2, 0) is 0 Å². The van der Waals surface area contributed by atoms with E-state index in [0.717, 1.165) is 0 Å². The molecule has 0 unspecified atom stereocenters. The van der Waals surface area contributed by atoms with Gasteiger partial charge in [-0.2, -0.15) is 0 Å². The molecule has 15 heavy (non-hydrogen) atoms. The minimum Gasteiger partial charge on any atom is -0.508 e. The lowest BCUT2D eigenvalue weighted by Gasteiger charge is -2.17. The number of benzene rings is 1. The first-order valence-corrected chi connectivity index (χ1v) is 4.45. The predicted molar refractivity (Wildman–Crippen MR) is 55.2 cm³/mol. The van der Waals surface area contributed by atoms with Crippen LogP contribution < -0.4 is 15.2 Å². The van der Waals surface area contributed by atoms with Gasteiger partial charge in [0.05, 0.1) is 32.4 Å². The van der Waals surface area contributed by atoms with E-state index in [1.807, 2.05) is 0 Å². The molecule has 4 N–H and O–H groups in total. The lowest BCUT2D eigenvalue weighted by atomic mass is 10.1. The van der Waals surface area contributed by atoms with E-state index in [-0.39, 0.29) is 12.4 Å². The highest BCUT2D eigenvalue weighted by Crippen LogP contribution is 2.36. The molecular formula is C10H15NO4. The number of aliphatic hydroxyl groups excluding tert-OH is 1. The summed E-state index contributed by atoms with van der Waals surface area (Å²) in [5.41, 5.74) is 6.25. The zero-order chi connectivity index (χ0) is 11.4. The Morgan fingerprint density at radius 2 is 1.73 bits per heavy atom. The van der Waals surface area contributed by atoms with E-state index in [2.05, 4.69) is 0 Å². The molecule has 1 aromatic rings. The number of nitrogens with two attached hydrogens (primary N) is 1. The quantitative estimate of drug-likeness (QED) is 0.674. The molecule has 0 fully saturated rings. The molecule has 0 aromatic heterocycles. The fraction of sp³-hybridized carbons (Fsp3) is 0.400. The summed E-state index contributed by atoms with van der Waals surface area (Å²) in [5, 5.41) is 18.4. The molecule has 0 spiro atoms. The van der Waals surface area contributed by atoms with Crippen molar-refractivity contribution in [2.75, 3.05) is 20.8 Å². The monoisotopic (exact) mass is 213 g/mol. The Labute approximate surface area is 88.0 Å². The van der Waals surface area contributed by atoms with E-state index in [1.165, 1.54) is 26.4 Å². The second-order valence-corrected chi connectivity index (χ2v) is 3.05. The maximum Gasteiger partial charge on any atom is 0.131 e. The summed E-state index contributed by atoms with van der Waals surface area (Å²) in [4.78, 5) is 0. The summed E-state index contributed by atoms with van der Waals surface area (Å²) >= 11 is 0. The molecule has 1 rings (SSSR count). The van der Waals surface area contributed by atoms with Crippen molar-refractivity contribution in [3.8, 4) is 17.2 Å². The fourth-order valence-electron chi connectivity index (χ4n) is 1.38. The molecule has 0 heterocycles. The lowest BCUT2D eigenvalue weighted by molar-refractivity contribution is 0.260. The first-order chi connectivity index (χ1) is 7.13. The highest BCUT2D eigenvalue weighted by molar-refractivity contribution is 5.51. The smallest absolute Gasteiger partial charge is 0.131 e. The van der Waals surface area contributed by atoms with Gasteiger partial charge in [-0.1, -0.05) is 0 Å². The van der Waals surface area contributed by atoms with E-state index in [0.29, 0.717) is 17.1 Å². The van der Waals surface area contributed by atoms with Crippen molar-refractivity contribution in [2.24, 2.45) is 5.73 Å². The SMILES string of the molecule is COc1cc(O)cc(OC)c1[C@@H](N)CO. The van der Waals surface area contributed by atoms with Crippen molar-refractivity contribution < 1.29 is 19.7 Å². The van der Waals surface area contributed by atoms with Crippen LogP contribution in [0, 0.1) is 0 Å². The Morgan fingerprint density at radius 3 is 2.07 bits per heavy atom. The Hall–Kier alpha value is -1.46. The highest BCUT2D eigenvalue weighted by Gasteiger charge is 2.18. The second-order valence-electron chi connectivity index (χ2n) is 3.05. The molecule has 1 atom stereocenters. The summed E-state index contributed by atoms with van der Waals surface area (Å²) in [5.74, 6) is 0.819. The molecule has 0 saturated carbocycles. The maximum atomic E-state index is 9.37. The third-order valence-electron chi connectivity index (χ3n) is 2.10. The van der Waals surface area contributed by atoms with Gasteiger partial charge < -0.3 is 25.4 Å². The second kappa shape index (κ2) is 4.86. The first-order valence-electron chi connectivity index (χ1n) is 4.45. The maximum absolute atomic E-state index is 9.37. The lowest BCUT2D eigenvalue weighted by Crippen LogP contribution is -2.16. The molecule has 0 aliphatic rings. The summed E-state index contributed by atoms with van der Waals surface area (Å²) in [6.07, 6.45) is 0. The van der Waals surface area contributed by atoms with E-state index in [1.54, 1.807) is 0 Å². The third kappa shape index (κ3) is 2.31. The van der Waals surface area contributed by atoms with Crippen molar-refractivity contribution in [3.63, 3.8) is 0 Å². The number of methoxy groups -OCH3 is 2. The number of hydrogen-bond acceptors (Lipinski definition) is 5. The van der Waals surface area contributed by atoms with E-state index in [4.69, 9.17) is 20.3 Å². The van der Waals surface area contributed by atoms with Crippen LogP contribution in [-0.4, -0.2) is 31.0 Å². The summed E-state index contributed by atoms with van der Waals surface area (Å²) < 4.78 is 10.1. The minimum atomic E-state index is -0.601. The summed E-state index contributed by atoms with van der Waals surface area (Å²) in [7, 11) is 2.92. The van der Waals surface area contributed by atoms with Gasteiger partial charge in [0.15, 0.2) is 0 Å². The van der Waals surface area contributed by atoms with Crippen molar-refractivity contribution >= 4 is 0 Å². The van der Waals surface area contributed by atoms with Crippen LogP contribution in [0.4, 0.5) is 0 Å². The number of rotatable bonds is 4. The third-order valence-corrected chi connectivity index (χ3v) is 2.10. The average Bonchev–Trinajstić information content (AvgIpc) is 2.26. The molecule has 0 amide bonds. The summed E-state index contributed by atoms with van der Waals surface area (Å²) in [6.45, 7) is -0.225. The summed E-state index contributed by atoms with van der Waals surface area (Å²) in [6, 6.07) is 2.25. The van der Waals surface area contributed by atoms with E-state index >= 15 is 0 Å². The Morgan fingerprint density at radius 1 is 1.27 bits per heavy atom. The molecule has 1 aromatic carbocycles. The zero-order valence-corrected chi connectivity index (χ0v) is 8.73. The van der Waals surface area contributed by atoms with Crippen LogP contribution in [0.25, 0.3) is 0 Å². The van der Waals surface area contributed by atoms with Gasteiger partial charge in [-0.05, 0) is 0 Å².